The van der Waals surface area contributed by atoms with E-state index in [9.17, 15) is 13.2 Å². The minimum absolute atomic E-state index is 0.0743. The molecular formula is C12H14F3NO. The third-order valence-corrected chi connectivity index (χ3v) is 2.92. The minimum atomic E-state index is -4.39. The molecule has 2 rings (SSSR count). The normalized spacial score (nSPS) is 29.5. The quantitative estimate of drug-likeness (QED) is 0.864. The topological polar surface area (TPSA) is 21.3 Å². The molecule has 5 heteroatoms. The summed E-state index contributed by atoms with van der Waals surface area (Å²) in [4.78, 5) is 0. The van der Waals surface area contributed by atoms with Crippen LogP contribution in [0.3, 0.4) is 0 Å². The van der Waals surface area contributed by atoms with Crippen molar-refractivity contribution in [3.8, 4) is 0 Å². The van der Waals surface area contributed by atoms with Crippen LogP contribution < -0.4 is 5.32 Å². The lowest BCUT2D eigenvalue weighted by Crippen LogP contribution is -2.53. The van der Waals surface area contributed by atoms with Crippen LogP contribution in [-0.2, 0) is 11.2 Å². The van der Waals surface area contributed by atoms with Gasteiger partial charge >= 0.3 is 6.18 Å². The Labute approximate surface area is 97.8 Å². The van der Waals surface area contributed by atoms with Crippen LogP contribution in [0.2, 0.25) is 0 Å². The van der Waals surface area contributed by atoms with E-state index in [1.807, 2.05) is 30.3 Å². The van der Waals surface area contributed by atoms with E-state index in [0.717, 1.165) is 12.5 Å². The second-order valence-electron chi connectivity index (χ2n) is 4.37. The maximum Gasteiger partial charge on any atom is 0.430 e. The molecule has 1 aliphatic heterocycles. The number of ether oxygens (including phenoxy) is 1. The van der Waals surface area contributed by atoms with Crippen LogP contribution in [-0.4, -0.2) is 24.6 Å². The Morgan fingerprint density at radius 3 is 2.53 bits per heavy atom. The van der Waals surface area contributed by atoms with Crippen molar-refractivity contribution in [1.29, 1.82) is 0 Å². The Morgan fingerprint density at radius 2 is 2.00 bits per heavy atom. The molecule has 0 spiro atoms. The highest BCUT2D eigenvalue weighted by Gasteiger charge is 2.56. The molecule has 2 nitrogen and oxygen atoms in total. The molecule has 2 atom stereocenters. The van der Waals surface area contributed by atoms with Gasteiger partial charge in [0.2, 0.25) is 5.72 Å². The Morgan fingerprint density at radius 1 is 1.35 bits per heavy atom. The molecule has 1 heterocycles. The van der Waals surface area contributed by atoms with Gasteiger partial charge < -0.3 is 4.74 Å². The fourth-order valence-corrected chi connectivity index (χ4v) is 1.91. The lowest BCUT2D eigenvalue weighted by Gasteiger charge is -2.27. The molecule has 17 heavy (non-hydrogen) atoms. The number of nitrogens with one attached hydrogen (secondary N) is 1. The Hall–Kier alpha value is -1.07. The summed E-state index contributed by atoms with van der Waals surface area (Å²) in [6.07, 6.45) is -3.86. The van der Waals surface area contributed by atoms with Crippen LogP contribution >= 0.6 is 0 Å². The van der Waals surface area contributed by atoms with E-state index in [1.54, 1.807) is 0 Å². The Bertz CT molecular complexity index is 379. The second-order valence-corrected chi connectivity index (χ2v) is 4.37. The zero-order chi connectivity index (χ0) is 12.5. The molecule has 0 amide bonds. The van der Waals surface area contributed by atoms with Gasteiger partial charge in [-0.15, -0.1) is 0 Å². The predicted molar refractivity (Wildman–Crippen MR) is 57.5 cm³/mol. The first-order valence-corrected chi connectivity index (χ1v) is 5.43. The van der Waals surface area contributed by atoms with Gasteiger partial charge in [-0.25, -0.2) is 0 Å². The number of hydrogen-bond donors (Lipinski definition) is 1. The SMILES string of the molecule is CC1(C(F)(F)F)N[C@@H](Cc2ccccc2)CO1. The number of benzene rings is 1. The lowest BCUT2D eigenvalue weighted by atomic mass is 10.1. The average Bonchev–Trinajstić information content (AvgIpc) is 2.62. The highest BCUT2D eigenvalue weighted by atomic mass is 19.4. The zero-order valence-electron chi connectivity index (χ0n) is 9.42. The molecule has 1 unspecified atom stereocenters. The van der Waals surface area contributed by atoms with Crippen molar-refractivity contribution in [2.75, 3.05) is 6.61 Å². The molecule has 1 N–H and O–H groups in total. The fraction of sp³-hybridized carbons (Fsp3) is 0.500. The van der Waals surface area contributed by atoms with Gasteiger partial charge in [0.25, 0.3) is 0 Å². The Balaban J connectivity index is 1.99. The molecule has 1 fully saturated rings. The highest BCUT2D eigenvalue weighted by Crippen LogP contribution is 2.34. The summed E-state index contributed by atoms with van der Waals surface area (Å²) >= 11 is 0. The molecule has 0 saturated carbocycles. The van der Waals surface area contributed by atoms with Crippen LogP contribution in [0.1, 0.15) is 12.5 Å². The van der Waals surface area contributed by atoms with Crippen LogP contribution in [0, 0.1) is 0 Å². The number of rotatable bonds is 2. The molecular weight excluding hydrogens is 231 g/mol. The van der Waals surface area contributed by atoms with Gasteiger partial charge in [0.15, 0.2) is 0 Å². The molecule has 1 aromatic rings. The summed E-state index contributed by atoms with van der Waals surface area (Å²) in [6, 6.07) is 9.10. The highest BCUT2D eigenvalue weighted by molar-refractivity contribution is 5.16. The van der Waals surface area contributed by atoms with Gasteiger partial charge in [-0.05, 0) is 18.9 Å². The molecule has 1 aliphatic rings. The van der Waals surface area contributed by atoms with Crippen molar-refractivity contribution in [2.45, 2.75) is 31.3 Å². The maximum atomic E-state index is 12.7. The maximum absolute atomic E-state index is 12.7. The van der Waals surface area contributed by atoms with Crippen molar-refractivity contribution in [3.05, 3.63) is 35.9 Å². The number of alkyl halides is 3. The molecule has 0 bridgehead atoms. The van der Waals surface area contributed by atoms with Crippen molar-refractivity contribution in [3.63, 3.8) is 0 Å². The fourth-order valence-electron chi connectivity index (χ4n) is 1.91. The van der Waals surface area contributed by atoms with E-state index in [1.165, 1.54) is 0 Å². The number of halogens is 3. The van der Waals surface area contributed by atoms with Gasteiger partial charge in [-0.2, -0.15) is 13.2 Å². The Kier molecular flexibility index (Phi) is 3.14. The molecule has 94 valence electrons. The van der Waals surface area contributed by atoms with Gasteiger partial charge in [-0.3, -0.25) is 5.32 Å². The third-order valence-electron chi connectivity index (χ3n) is 2.92. The smallest absolute Gasteiger partial charge is 0.350 e. The largest absolute Gasteiger partial charge is 0.430 e. The van der Waals surface area contributed by atoms with Crippen LogP contribution in [0.25, 0.3) is 0 Å². The molecule has 0 radical (unpaired) electrons. The van der Waals surface area contributed by atoms with Gasteiger partial charge in [0, 0.05) is 6.04 Å². The van der Waals surface area contributed by atoms with E-state index in [2.05, 4.69) is 5.32 Å². The average molecular weight is 245 g/mol. The van der Waals surface area contributed by atoms with Crippen LogP contribution in [0.4, 0.5) is 13.2 Å². The predicted octanol–water partition coefficient (Wildman–Crippen LogP) is 2.50. The van der Waals surface area contributed by atoms with E-state index in [0.29, 0.717) is 6.42 Å². The first-order valence-electron chi connectivity index (χ1n) is 5.43. The van der Waals surface area contributed by atoms with E-state index in [-0.39, 0.29) is 12.6 Å². The monoisotopic (exact) mass is 245 g/mol. The van der Waals surface area contributed by atoms with Crippen molar-refractivity contribution < 1.29 is 17.9 Å². The minimum Gasteiger partial charge on any atom is -0.350 e. The summed E-state index contributed by atoms with van der Waals surface area (Å²) in [5.74, 6) is 0. The van der Waals surface area contributed by atoms with Crippen LogP contribution in [0.5, 0.6) is 0 Å². The van der Waals surface area contributed by atoms with E-state index >= 15 is 0 Å². The summed E-state index contributed by atoms with van der Waals surface area (Å²) in [5.41, 5.74) is -1.22. The van der Waals surface area contributed by atoms with Gasteiger partial charge in [-0.1, -0.05) is 30.3 Å². The summed E-state index contributed by atoms with van der Waals surface area (Å²) in [5, 5.41) is 2.51. The first kappa shape index (κ1) is 12.4. The van der Waals surface area contributed by atoms with Crippen molar-refractivity contribution in [2.24, 2.45) is 0 Å². The molecule has 1 aromatic carbocycles. The summed E-state index contributed by atoms with van der Waals surface area (Å²) in [7, 11) is 0. The molecule has 1 saturated heterocycles. The standard InChI is InChI=1S/C12H14F3NO/c1-11(12(13,14)15)16-10(8-17-11)7-9-5-3-2-4-6-9/h2-6,10,16H,7-8H2,1H3/t10-,11?/m0/s1. The summed E-state index contributed by atoms with van der Waals surface area (Å²) < 4.78 is 42.9. The molecule has 0 aromatic heterocycles. The third kappa shape index (κ3) is 2.61. The van der Waals surface area contributed by atoms with E-state index in [4.69, 9.17) is 4.74 Å². The molecule has 0 aliphatic carbocycles. The zero-order valence-corrected chi connectivity index (χ0v) is 9.42. The summed E-state index contributed by atoms with van der Waals surface area (Å²) in [6.45, 7) is 1.10. The van der Waals surface area contributed by atoms with E-state index < -0.39 is 11.9 Å². The van der Waals surface area contributed by atoms with Crippen LogP contribution in [0.15, 0.2) is 30.3 Å². The van der Waals surface area contributed by atoms with Crippen molar-refractivity contribution in [1.82, 2.24) is 5.32 Å². The number of hydrogen-bond acceptors (Lipinski definition) is 2. The second kappa shape index (κ2) is 4.31. The lowest BCUT2D eigenvalue weighted by molar-refractivity contribution is -0.263. The van der Waals surface area contributed by atoms with Gasteiger partial charge in [0.05, 0.1) is 6.61 Å². The first-order chi connectivity index (χ1) is 7.91. The van der Waals surface area contributed by atoms with Gasteiger partial charge in [0.1, 0.15) is 0 Å². The van der Waals surface area contributed by atoms with Crippen molar-refractivity contribution >= 4 is 0 Å².